The van der Waals surface area contributed by atoms with E-state index in [1.807, 2.05) is 6.07 Å². The molecule has 16 heavy (non-hydrogen) atoms. The van der Waals surface area contributed by atoms with Gasteiger partial charge in [-0.3, -0.25) is 0 Å². The third-order valence-corrected chi connectivity index (χ3v) is 3.75. The van der Waals surface area contributed by atoms with Crippen LogP contribution in [-0.2, 0) is 0 Å². The van der Waals surface area contributed by atoms with Crippen LogP contribution < -0.4 is 10.6 Å². The van der Waals surface area contributed by atoms with E-state index >= 15 is 0 Å². The molecule has 2 aromatic rings. The molecule has 2 N–H and O–H groups in total. The standard InChI is InChI=1S/C11H14N4S/c12-4-5-15(8-1-2-8)11-10-9(3-6-16-10)13-7-14-11/h3,6-8H,1-2,4-5,12H2. The molecule has 84 valence electrons. The summed E-state index contributed by atoms with van der Waals surface area (Å²) in [5, 5.41) is 2.07. The van der Waals surface area contributed by atoms with Gasteiger partial charge in [-0.05, 0) is 24.3 Å². The minimum atomic E-state index is 0.642. The predicted octanol–water partition coefficient (Wildman–Crippen LogP) is 1.62. The second kappa shape index (κ2) is 3.99. The lowest BCUT2D eigenvalue weighted by Gasteiger charge is -2.22. The summed E-state index contributed by atoms with van der Waals surface area (Å²) in [5.41, 5.74) is 6.71. The van der Waals surface area contributed by atoms with Gasteiger partial charge < -0.3 is 10.6 Å². The Balaban J connectivity index is 2.04. The molecule has 4 nitrogen and oxygen atoms in total. The van der Waals surface area contributed by atoms with E-state index in [0.717, 1.165) is 17.9 Å². The van der Waals surface area contributed by atoms with Crippen molar-refractivity contribution in [1.82, 2.24) is 9.97 Å². The minimum Gasteiger partial charge on any atom is -0.351 e. The highest BCUT2D eigenvalue weighted by Gasteiger charge is 2.30. The van der Waals surface area contributed by atoms with Crippen LogP contribution in [0.25, 0.3) is 10.2 Å². The van der Waals surface area contributed by atoms with Crippen LogP contribution in [0.4, 0.5) is 5.82 Å². The van der Waals surface area contributed by atoms with Crippen molar-refractivity contribution in [1.29, 1.82) is 0 Å². The van der Waals surface area contributed by atoms with E-state index in [2.05, 4.69) is 20.2 Å². The summed E-state index contributed by atoms with van der Waals surface area (Å²) in [7, 11) is 0. The van der Waals surface area contributed by atoms with Crippen LogP contribution in [0.15, 0.2) is 17.8 Å². The first-order valence-electron chi connectivity index (χ1n) is 5.55. The molecule has 1 saturated carbocycles. The number of rotatable bonds is 4. The Morgan fingerprint density at radius 3 is 3.06 bits per heavy atom. The average Bonchev–Trinajstić information content (AvgIpc) is 3.02. The Bertz CT molecular complexity index is 491. The number of hydrogen-bond acceptors (Lipinski definition) is 5. The number of aromatic nitrogens is 2. The summed E-state index contributed by atoms with van der Waals surface area (Å²) in [5.74, 6) is 1.06. The molecule has 0 amide bonds. The molecule has 0 bridgehead atoms. The van der Waals surface area contributed by atoms with Crippen LogP contribution in [0.3, 0.4) is 0 Å². The van der Waals surface area contributed by atoms with E-state index in [4.69, 9.17) is 5.73 Å². The van der Waals surface area contributed by atoms with Gasteiger partial charge in [0.15, 0.2) is 0 Å². The molecule has 0 aromatic carbocycles. The summed E-state index contributed by atoms with van der Waals surface area (Å²) in [6.07, 6.45) is 4.17. The fourth-order valence-electron chi connectivity index (χ4n) is 1.97. The summed E-state index contributed by atoms with van der Waals surface area (Å²) >= 11 is 1.71. The Labute approximate surface area is 98.1 Å². The lowest BCUT2D eigenvalue weighted by atomic mass is 10.4. The second-order valence-electron chi connectivity index (χ2n) is 4.05. The topological polar surface area (TPSA) is 55.0 Å². The van der Waals surface area contributed by atoms with E-state index in [0.29, 0.717) is 12.6 Å². The van der Waals surface area contributed by atoms with Gasteiger partial charge in [0.05, 0.1) is 10.2 Å². The van der Waals surface area contributed by atoms with Crippen molar-refractivity contribution in [3.05, 3.63) is 17.8 Å². The van der Waals surface area contributed by atoms with Crippen LogP contribution in [0, 0.1) is 0 Å². The number of anilines is 1. The normalized spacial score (nSPS) is 15.6. The molecule has 0 aliphatic heterocycles. The fraction of sp³-hybridized carbons (Fsp3) is 0.455. The molecule has 0 spiro atoms. The molecule has 3 rings (SSSR count). The zero-order chi connectivity index (χ0) is 11.0. The van der Waals surface area contributed by atoms with Crippen LogP contribution >= 0.6 is 11.3 Å². The Kier molecular flexibility index (Phi) is 2.49. The molecule has 0 saturated heterocycles. The largest absolute Gasteiger partial charge is 0.351 e. The molecule has 0 atom stereocenters. The Morgan fingerprint density at radius 1 is 1.44 bits per heavy atom. The summed E-state index contributed by atoms with van der Waals surface area (Å²) in [4.78, 5) is 11.0. The van der Waals surface area contributed by atoms with Gasteiger partial charge in [0.25, 0.3) is 0 Å². The number of fused-ring (bicyclic) bond motifs is 1. The van der Waals surface area contributed by atoms with Crippen LogP contribution in [0.2, 0.25) is 0 Å². The van der Waals surface area contributed by atoms with Crippen molar-refractivity contribution in [2.45, 2.75) is 18.9 Å². The van der Waals surface area contributed by atoms with E-state index in [1.165, 1.54) is 17.5 Å². The minimum absolute atomic E-state index is 0.642. The molecule has 0 unspecified atom stereocenters. The molecule has 1 aliphatic carbocycles. The summed E-state index contributed by atoms with van der Waals surface area (Å²) < 4.78 is 1.18. The molecule has 2 heterocycles. The van der Waals surface area contributed by atoms with Gasteiger partial charge in [-0.25, -0.2) is 9.97 Å². The first kappa shape index (κ1) is 9.99. The van der Waals surface area contributed by atoms with Crippen molar-refractivity contribution in [2.24, 2.45) is 5.73 Å². The van der Waals surface area contributed by atoms with Crippen molar-refractivity contribution >= 4 is 27.4 Å². The smallest absolute Gasteiger partial charge is 0.150 e. The average molecular weight is 234 g/mol. The van der Waals surface area contributed by atoms with E-state index < -0.39 is 0 Å². The second-order valence-corrected chi connectivity index (χ2v) is 4.96. The van der Waals surface area contributed by atoms with Gasteiger partial charge >= 0.3 is 0 Å². The molecule has 2 aromatic heterocycles. The number of nitrogens with zero attached hydrogens (tertiary/aromatic N) is 3. The van der Waals surface area contributed by atoms with Crippen LogP contribution in [-0.4, -0.2) is 29.1 Å². The monoisotopic (exact) mass is 234 g/mol. The maximum absolute atomic E-state index is 5.67. The molecular weight excluding hydrogens is 220 g/mol. The van der Waals surface area contributed by atoms with E-state index in [1.54, 1.807) is 17.7 Å². The quantitative estimate of drug-likeness (QED) is 0.873. The number of thiophene rings is 1. The number of hydrogen-bond donors (Lipinski definition) is 1. The third-order valence-electron chi connectivity index (χ3n) is 2.85. The number of nitrogens with two attached hydrogens (primary N) is 1. The van der Waals surface area contributed by atoms with Gasteiger partial charge in [-0.15, -0.1) is 11.3 Å². The highest BCUT2D eigenvalue weighted by molar-refractivity contribution is 7.17. The molecule has 0 radical (unpaired) electrons. The SMILES string of the molecule is NCCN(c1ncnc2ccsc12)C1CC1. The molecule has 5 heteroatoms. The highest BCUT2D eigenvalue weighted by atomic mass is 32.1. The first-order valence-corrected chi connectivity index (χ1v) is 6.43. The molecular formula is C11H14N4S. The molecule has 1 fully saturated rings. The maximum atomic E-state index is 5.67. The summed E-state index contributed by atoms with van der Waals surface area (Å²) in [6, 6.07) is 2.68. The van der Waals surface area contributed by atoms with Gasteiger partial charge in [-0.1, -0.05) is 0 Å². The zero-order valence-electron chi connectivity index (χ0n) is 8.97. The first-order chi connectivity index (χ1) is 7.90. The van der Waals surface area contributed by atoms with E-state index in [-0.39, 0.29) is 0 Å². The Hall–Kier alpha value is -1.20. The van der Waals surface area contributed by atoms with Crippen molar-refractivity contribution < 1.29 is 0 Å². The van der Waals surface area contributed by atoms with Crippen LogP contribution in [0.5, 0.6) is 0 Å². The predicted molar refractivity (Wildman–Crippen MR) is 66.8 cm³/mol. The molecule has 1 aliphatic rings. The van der Waals surface area contributed by atoms with Gasteiger partial charge in [0.2, 0.25) is 0 Å². The fourth-order valence-corrected chi connectivity index (χ4v) is 2.82. The Morgan fingerprint density at radius 2 is 2.31 bits per heavy atom. The van der Waals surface area contributed by atoms with E-state index in [9.17, 15) is 0 Å². The summed E-state index contributed by atoms with van der Waals surface area (Å²) in [6.45, 7) is 1.56. The lowest BCUT2D eigenvalue weighted by molar-refractivity contribution is 0.774. The zero-order valence-corrected chi connectivity index (χ0v) is 9.78. The highest BCUT2D eigenvalue weighted by Crippen LogP contribution is 2.35. The maximum Gasteiger partial charge on any atom is 0.150 e. The van der Waals surface area contributed by atoms with Crippen molar-refractivity contribution in [3.8, 4) is 0 Å². The van der Waals surface area contributed by atoms with Crippen molar-refractivity contribution in [3.63, 3.8) is 0 Å². The van der Waals surface area contributed by atoms with Gasteiger partial charge in [-0.2, -0.15) is 0 Å². The van der Waals surface area contributed by atoms with Crippen LogP contribution in [0.1, 0.15) is 12.8 Å². The van der Waals surface area contributed by atoms with Gasteiger partial charge in [0, 0.05) is 19.1 Å². The third kappa shape index (κ3) is 1.66. The lowest BCUT2D eigenvalue weighted by Crippen LogP contribution is -2.32. The van der Waals surface area contributed by atoms with Gasteiger partial charge in [0.1, 0.15) is 12.1 Å². The van der Waals surface area contributed by atoms with Crippen molar-refractivity contribution in [2.75, 3.05) is 18.0 Å².